The molecular weight excluding hydrogens is 566 g/mol. The van der Waals surface area contributed by atoms with Crippen molar-refractivity contribution in [3.05, 3.63) is 57.6 Å². The van der Waals surface area contributed by atoms with E-state index in [9.17, 15) is 27.9 Å². The minimum absolute atomic E-state index is 0.0514. The van der Waals surface area contributed by atoms with Gasteiger partial charge in [-0.05, 0) is 79.5 Å². The number of carbonyl (C=O) groups excluding carboxylic acids is 2. The molecule has 11 heteroatoms. The molecule has 3 saturated heterocycles. The van der Waals surface area contributed by atoms with Crippen molar-refractivity contribution in [2.24, 2.45) is 11.8 Å². The highest BCUT2D eigenvalue weighted by molar-refractivity contribution is 6.36. The van der Waals surface area contributed by atoms with Crippen molar-refractivity contribution >= 4 is 35.0 Å². The second-order valence-corrected chi connectivity index (χ2v) is 11.8. The summed E-state index contributed by atoms with van der Waals surface area (Å²) in [6.45, 7) is 2.13. The molecule has 0 bridgehead atoms. The largest absolute Gasteiger partial charge is 0.393 e. The normalized spacial score (nSPS) is 21.9. The Kier molecular flexibility index (Phi) is 8.66. The Morgan fingerprint density at radius 2 is 1.48 bits per heavy atom. The number of rotatable bonds is 5. The average molecular weight is 598 g/mol. The number of carbonyl (C=O) groups is 2. The van der Waals surface area contributed by atoms with Crippen LogP contribution in [0.1, 0.15) is 48.0 Å². The van der Waals surface area contributed by atoms with Gasteiger partial charge >= 0.3 is 6.18 Å². The van der Waals surface area contributed by atoms with Gasteiger partial charge in [-0.25, -0.2) is 5.01 Å². The summed E-state index contributed by atoms with van der Waals surface area (Å²) >= 11 is 13.3. The summed E-state index contributed by atoms with van der Waals surface area (Å²) in [5, 5.41) is 14.5. The van der Waals surface area contributed by atoms with E-state index in [2.05, 4.69) is 0 Å². The first-order valence-corrected chi connectivity index (χ1v) is 14.5. The van der Waals surface area contributed by atoms with Crippen molar-refractivity contribution < 1.29 is 27.9 Å². The van der Waals surface area contributed by atoms with Gasteiger partial charge in [0.15, 0.2) is 0 Å². The average Bonchev–Trinajstić information content (AvgIpc) is 3.30. The van der Waals surface area contributed by atoms with Crippen molar-refractivity contribution in [3.8, 4) is 11.1 Å². The molecule has 3 fully saturated rings. The Labute approximate surface area is 241 Å². The molecule has 0 radical (unpaired) electrons. The van der Waals surface area contributed by atoms with Gasteiger partial charge in [0, 0.05) is 54.3 Å². The summed E-state index contributed by atoms with van der Waals surface area (Å²) in [5.41, 5.74) is 2.68. The van der Waals surface area contributed by atoms with Gasteiger partial charge in [-0.2, -0.15) is 13.2 Å². The van der Waals surface area contributed by atoms with Crippen LogP contribution in [-0.2, 0) is 11.2 Å². The maximum Gasteiger partial charge on any atom is 0.391 e. The first-order chi connectivity index (χ1) is 19.0. The number of aliphatic hydroxyl groups excluding tert-OH is 1. The van der Waals surface area contributed by atoms with Gasteiger partial charge in [0.2, 0.25) is 5.91 Å². The van der Waals surface area contributed by atoms with Gasteiger partial charge in [0.25, 0.3) is 5.91 Å². The molecule has 0 aromatic heterocycles. The van der Waals surface area contributed by atoms with Crippen molar-refractivity contribution in [1.29, 1.82) is 0 Å². The number of nitrogens with zero attached hydrogens (tertiary/aromatic N) is 3. The zero-order chi connectivity index (χ0) is 28.6. The molecule has 1 N–H and O–H groups in total. The number of aliphatic hydroxyl groups is 1. The van der Waals surface area contributed by atoms with Crippen molar-refractivity contribution in [3.63, 3.8) is 0 Å². The fraction of sp³-hybridized carbons (Fsp3) is 0.517. The molecular formula is C29H32Cl2F3N3O3. The van der Waals surface area contributed by atoms with Crippen molar-refractivity contribution in [1.82, 2.24) is 14.9 Å². The third-order valence-corrected chi connectivity index (χ3v) is 9.05. The Morgan fingerprint density at radius 3 is 2.05 bits per heavy atom. The van der Waals surface area contributed by atoms with Crippen LogP contribution in [0.25, 0.3) is 11.1 Å². The number of benzene rings is 2. The quantitative estimate of drug-likeness (QED) is 0.470. The molecule has 0 spiro atoms. The number of amides is 2. The van der Waals surface area contributed by atoms with Crippen LogP contribution in [0, 0.1) is 11.8 Å². The number of hydrogen-bond donors (Lipinski definition) is 1. The molecule has 2 aromatic carbocycles. The third kappa shape index (κ3) is 6.27. The lowest BCUT2D eigenvalue weighted by Gasteiger charge is -2.36. The monoisotopic (exact) mass is 597 g/mol. The summed E-state index contributed by atoms with van der Waals surface area (Å²) in [5.74, 6) is -1.81. The molecule has 1 unspecified atom stereocenters. The molecule has 6 nitrogen and oxygen atoms in total. The highest BCUT2D eigenvalue weighted by Crippen LogP contribution is 2.37. The lowest BCUT2D eigenvalue weighted by molar-refractivity contribution is -0.183. The Bertz CT molecular complexity index is 1220. The number of halogens is 5. The molecule has 1 atom stereocenters. The fourth-order valence-corrected chi connectivity index (χ4v) is 6.54. The van der Waals surface area contributed by atoms with E-state index in [4.69, 9.17) is 23.2 Å². The highest BCUT2D eigenvalue weighted by atomic mass is 35.5. The van der Waals surface area contributed by atoms with Crippen LogP contribution < -0.4 is 0 Å². The Hall–Kier alpha value is -2.33. The van der Waals surface area contributed by atoms with E-state index in [-0.39, 0.29) is 49.8 Å². The van der Waals surface area contributed by atoms with Crippen molar-refractivity contribution in [2.45, 2.75) is 50.8 Å². The summed E-state index contributed by atoms with van der Waals surface area (Å²) in [6.07, 6.45) is -2.24. The molecule has 40 heavy (non-hydrogen) atoms. The van der Waals surface area contributed by atoms with Crippen LogP contribution in [-0.4, -0.2) is 76.8 Å². The molecule has 5 rings (SSSR count). The fourth-order valence-electron chi connectivity index (χ4n) is 5.90. The SMILES string of the molecule is O=C(c1ccc(-c2cc(Cl)c(CC3CCN(N4CCC(O)CC4)C3=O)c(Cl)c2)cc1)N1CCC(C(F)(F)F)CC1. The lowest BCUT2D eigenvalue weighted by atomic mass is 9.95. The standard InChI is InChI=1S/C29H32Cl2F3N3O3/c30-25-16-21(18-1-3-19(4-2-18)27(39)35-10-6-22(7-11-35)29(32,33)34)17-26(31)24(25)15-20-5-14-37(28(20)40)36-12-8-23(38)9-13-36/h1-4,16-17,20,22-23,38H,5-15H2. The summed E-state index contributed by atoms with van der Waals surface area (Å²) in [6, 6.07) is 10.5. The molecule has 216 valence electrons. The van der Waals surface area contributed by atoms with Gasteiger partial charge in [0.05, 0.1) is 12.0 Å². The topological polar surface area (TPSA) is 64.1 Å². The minimum Gasteiger partial charge on any atom is -0.393 e. The molecule has 3 aliphatic heterocycles. The van der Waals surface area contributed by atoms with Gasteiger partial charge < -0.3 is 10.0 Å². The van der Waals surface area contributed by atoms with Gasteiger partial charge in [-0.1, -0.05) is 35.3 Å². The third-order valence-electron chi connectivity index (χ3n) is 8.38. The predicted octanol–water partition coefficient (Wildman–Crippen LogP) is 5.84. The molecule has 2 amide bonds. The van der Waals surface area contributed by atoms with Crippen LogP contribution >= 0.6 is 23.2 Å². The van der Waals surface area contributed by atoms with Gasteiger partial charge in [-0.15, -0.1) is 0 Å². The van der Waals surface area contributed by atoms with E-state index in [0.717, 1.165) is 16.7 Å². The minimum atomic E-state index is -4.22. The number of hydrogen-bond acceptors (Lipinski definition) is 4. The maximum atomic E-state index is 13.1. The number of likely N-dealkylation sites (tertiary alicyclic amines) is 1. The summed E-state index contributed by atoms with van der Waals surface area (Å²) < 4.78 is 38.8. The van der Waals surface area contributed by atoms with E-state index >= 15 is 0 Å². The zero-order valence-corrected chi connectivity index (χ0v) is 23.5. The van der Waals surface area contributed by atoms with Gasteiger partial charge in [-0.3, -0.25) is 14.6 Å². The second kappa shape index (κ2) is 11.9. The molecule has 0 saturated carbocycles. The van der Waals surface area contributed by atoms with Crippen LogP contribution in [0.3, 0.4) is 0 Å². The highest BCUT2D eigenvalue weighted by Gasteiger charge is 2.42. The molecule has 2 aromatic rings. The molecule has 3 heterocycles. The zero-order valence-electron chi connectivity index (χ0n) is 22.0. The summed E-state index contributed by atoms with van der Waals surface area (Å²) in [4.78, 5) is 27.4. The first kappa shape index (κ1) is 29.2. The van der Waals surface area contributed by atoms with E-state index in [0.29, 0.717) is 60.9 Å². The van der Waals surface area contributed by atoms with Crippen LogP contribution in [0.15, 0.2) is 36.4 Å². The van der Waals surface area contributed by atoms with E-state index < -0.39 is 12.1 Å². The predicted molar refractivity (Wildman–Crippen MR) is 147 cm³/mol. The van der Waals surface area contributed by atoms with Gasteiger partial charge in [0.1, 0.15) is 0 Å². The molecule has 3 aliphatic rings. The van der Waals surface area contributed by atoms with Crippen LogP contribution in [0.2, 0.25) is 10.0 Å². The lowest BCUT2D eigenvalue weighted by Crippen LogP contribution is -2.49. The first-order valence-electron chi connectivity index (χ1n) is 13.7. The summed E-state index contributed by atoms with van der Waals surface area (Å²) in [7, 11) is 0. The Morgan fingerprint density at radius 1 is 0.875 bits per heavy atom. The Balaban J connectivity index is 1.22. The smallest absolute Gasteiger partial charge is 0.391 e. The van der Waals surface area contributed by atoms with Crippen LogP contribution in [0.4, 0.5) is 13.2 Å². The number of hydrazine groups is 1. The number of alkyl halides is 3. The van der Waals surface area contributed by atoms with Crippen molar-refractivity contribution in [2.75, 3.05) is 32.7 Å². The maximum absolute atomic E-state index is 13.1. The van der Waals surface area contributed by atoms with E-state index in [1.54, 1.807) is 41.4 Å². The molecule has 0 aliphatic carbocycles. The second-order valence-electron chi connectivity index (χ2n) is 10.9. The number of piperidine rings is 2. The van der Waals surface area contributed by atoms with Crippen LogP contribution in [0.5, 0.6) is 0 Å². The van der Waals surface area contributed by atoms with E-state index in [1.807, 2.05) is 5.01 Å². The van der Waals surface area contributed by atoms with E-state index in [1.165, 1.54) is 4.90 Å².